The average molecular weight is 406 g/mol. The molecule has 140 valence electrons. The van der Waals surface area contributed by atoms with E-state index in [0.29, 0.717) is 11.3 Å². The molecule has 11 heteroatoms. The van der Waals surface area contributed by atoms with Gasteiger partial charge in [-0.1, -0.05) is 0 Å². The number of halogens is 6. The molecule has 0 aliphatic rings. The summed E-state index contributed by atoms with van der Waals surface area (Å²) in [5.41, 5.74) is 0.500. The number of esters is 1. The third-order valence-electron chi connectivity index (χ3n) is 2.37. The average Bonchev–Trinajstić information content (AvgIpc) is 2.46. The molecule has 2 rings (SSSR count). The van der Waals surface area contributed by atoms with Crippen molar-refractivity contribution in [3.63, 3.8) is 0 Å². The second-order valence-electron chi connectivity index (χ2n) is 4.60. The molecular formula is C14H13F6O3PS. The van der Waals surface area contributed by atoms with E-state index >= 15 is 0 Å². The maximum atomic E-state index is 11.3. The molecule has 2 aromatic carbocycles. The van der Waals surface area contributed by atoms with E-state index in [1.807, 2.05) is 24.3 Å². The zero-order valence-electron chi connectivity index (χ0n) is 12.6. The van der Waals surface area contributed by atoms with E-state index in [0.717, 1.165) is 10.6 Å². The standard InChI is InChI=1S/C14H12O3S.F6P/c1-16-14(15)10-2-4-11(5-3-10)17-12-6-8-13(18)9-7-12;1-7(2,3,4,5)6/h2-9,18H,1H3;/q;-1/p+1. The Bertz CT molecular complexity index is 719. The molecule has 3 nitrogen and oxygen atoms in total. The van der Waals surface area contributed by atoms with Crippen LogP contribution in [0.1, 0.15) is 10.4 Å². The monoisotopic (exact) mass is 406 g/mol. The van der Waals surface area contributed by atoms with Gasteiger partial charge in [0.25, 0.3) is 0 Å². The van der Waals surface area contributed by atoms with Crippen molar-refractivity contribution in [2.75, 3.05) is 7.11 Å². The van der Waals surface area contributed by atoms with Gasteiger partial charge in [-0.3, -0.25) is 0 Å². The van der Waals surface area contributed by atoms with E-state index in [-0.39, 0.29) is 5.97 Å². The topological polar surface area (TPSA) is 35.5 Å². The molecule has 0 N–H and O–H groups in total. The van der Waals surface area contributed by atoms with Crippen molar-refractivity contribution in [3.05, 3.63) is 54.1 Å². The molecular weight excluding hydrogens is 393 g/mol. The fraction of sp³-hybridized carbons (Fsp3) is 0.0714. The van der Waals surface area contributed by atoms with E-state index in [2.05, 4.69) is 17.4 Å². The Hall–Kier alpha value is -1.93. The van der Waals surface area contributed by atoms with Gasteiger partial charge in [-0.25, -0.2) is 4.79 Å². The van der Waals surface area contributed by atoms with E-state index in [1.54, 1.807) is 24.3 Å². The van der Waals surface area contributed by atoms with Crippen molar-refractivity contribution in [3.8, 4) is 11.5 Å². The summed E-state index contributed by atoms with van der Waals surface area (Å²) in [7, 11) is -9.30. The Morgan fingerprint density at radius 2 is 1.20 bits per heavy atom. The predicted molar refractivity (Wildman–Crippen MR) is 86.3 cm³/mol. The van der Waals surface area contributed by atoms with Crippen LogP contribution in [-0.2, 0) is 17.4 Å². The van der Waals surface area contributed by atoms with Gasteiger partial charge in [-0.2, -0.15) is 0 Å². The van der Waals surface area contributed by atoms with Crippen molar-refractivity contribution >= 4 is 26.4 Å². The summed E-state index contributed by atoms with van der Waals surface area (Å²) >= 11 is 3.41. The number of hydrogen-bond acceptors (Lipinski definition) is 3. The Balaban J connectivity index is 0.000000381. The second-order valence-corrected chi connectivity index (χ2v) is 7.09. The number of rotatable bonds is 3. The summed E-state index contributed by atoms with van der Waals surface area (Å²) < 4.78 is 69.4. The molecule has 0 aromatic heterocycles. The summed E-state index contributed by atoms with van der Waals surface area (Å²) in [6, 6.07) is 14.3. The first-order valence-corrected chi connectivity index (χ1v) is 8.91. The first kappa shape index (κ1) is 21.1. The molecule has 0 bridgehead atoms. The van der Waals surface area contributed by atoms with Crippen LogP contribution in [0.3, 0.4) is 0 Å². The van der Waals surface area contributed by atoms with Gasteiger partial charge in [-0.15, -0.1) is 0 Å². The quantitative estimate of drug-likeness (QED) is 0.271. The summed E-state index contributed by atoms with van der Waals surface area (Å²) in [6.07, 6.45) is 0. The van der Waals surface area contributed by atoms with E-state index in [1.165, 1.54) is 7.11 Å². The molecule has 0 fully saturated rings. The number of methoxy groups -OCH3 is 1. The van der Waals surface area contributed by atoms with Crippen molar-refractivity contribution in [2.24, 2.45) is 0 Å². The SMILES string of the molecule is COC(=O)c1ccc(Oc2ccc([SH2+])cc2)cc1.F[P-](F)(F)(F)(F)F. The van der Waals surface area contributed by atoms with Crippen molar-refractivity contribution < 1.29 is 39.4 Å². The fourth-order valence-corrected chi connectivity index (χ4v) is 1.60. The predicted octanol–water partition coefficient (Wildman–Crippen LogP) is 6.02. The minimum atomic E-state index is -10.7. The third kappa shape index (κ3) is 11.3. The molecule has 0 saturated carbocycles. The van der Waals surface area contributed by atoms with Gasteiger partial charge >= 0.3 is 39.0 Å². The Kier molecular flexibility index (Phi) is 5.71. The normalized spacial score (nSPS) is 13.6. The zero-order chi connectivity index (χ0) is 19.4. The Morgan fingerprint density at radius 3 is 1.56 bits per heavy atom. The van der Waals surface area contributed by atoms with Crippen molar-refractivity contribution in [2.45, 2.75) is 4.90 Å². The minimum absolute atomic E-state index is 0.357. The molecule has 0 unspecified atom stereocenters. The number of ether oxygens (including phenoxy) is 2. The van der Waals surface area contributed by atoms with Gasteiger partial charge in [0, 0.05) is 0 Å². The van der Waals surface area contributed by atoms with Gasteiger partial charge < -0.3 is 9.47 Å². The number of carbonyl (C=O) groups excluding carboxylic acids is 1. The molecule has 25 heavy (non-hydrogen) atoms. The third-order valence-corrected chi connectivity index (χ3v) is 2.70. The van der Waals surface area contributed by atoms with Crippen LogP contribution in [0.2, 0.25) is 0 Å². The van der Waals surface area contributed by atoms with E-state index < -0.39 is 7.81 Å². The maximum absolute atomic E-state index is 11.3. The van der Waals surface area contributed by atoms with Crippen molar-refractivity contribution in [1.29, 1.82) is 0 Å². The molecule has 0 aliphatic carbocycles. The first-order valence-electron chi connectivity index (χ1n) is 6.38. The molecule has 0 aliphatic heterocycles. The summed E-state index contributed by atoms with van der Waals surface area (Å²) in [6.45, 7) is 0. The van der Waals surface area contributed by atoms with E-state index in [9.17, 15) is 30.0 Å². The zero-order valence-corrected chi connectivity index (χ0v) is 14.5. The van der Waals surface area contributed by atoms with Crippen molar-refractivity contribution in [1.82, 2.24) is 0 Å². The number of carbonyl (C=O) groups is 1. The van der Waals surface area contributed by atoms with Crippen LogP contribution in [0.5, 0.6) is 11.5 Å². The van der Waals surface area contributed by atoms with Crippen LogP contribution in [0, 0.1) is 0 Å². The van der Waals surface area contributed by atoms with E-state index in [4.69, 9.17) is 4.74 Å². The molecule has 0 spiro atoms. The molecule has 0 amide bonds. The summed E-state index contributed by atoms with van der Waals surface area (Å²) in [4.78, 5) is 12.2. The molecule has 2 aromatic rings. The van der Waals surface area contributed by atoms with Gasteiger partial charge in [0.2, 0.25) is 0 Å². The van der Waals surface area contributed by atoms with Gasteiger partial charge in [-0.05, 0) is 61.2 Å². The number of benzene rings is 2. The van der Waals surface area contributed by atoms with Crippen LogP contribution in [0.25, 0.3) is 0 Å². The van der Waals surface area contributed by atoms with Crippen LogP contribution >= 0.6 is 7.81 Å². The second kappa shape index (κ2) is 6.76. The first-order chi connectivity index (χ1) is 11.1. The summed E-state index contributed by atoms with van der Waals surface area (Å²) in [5.74, 6) is 1.05. The van der Waals surface area contributed by atoms with Gasteiger partial charge in [0.15, 0.2) is 4.90 Å². The molecule has 0 radical (unpaired) electrons. The Morgan fingerprint density at radius 1 is 0.840 bits per heavy atom. The van der Waals surface area contributed by atoms with Gasteiger partial charge in [0.1, 0.15) is 11.5 Å². The van der Waals surface area contributed by atoms with Crippen LogP contribution in [0.15, 0.2) is 53.4 Å². The van der Waals surface area contributed by atoms with Crippen LogP contribution in [0.4, 0.5) is 25.2 Å². The fourth-order valence-electron chi connectivity index (χ4n) is 1.44. The summed E-state index contributed by atoms with van der Waals surface area (Å²) in [5, 5.41) is 0. The van der Waals surface area contributed by atoms with Gasteiger partial charge in [0.05, 0.1) is 12.7 Å². The van der Waals surface area contributed by atoms with Crippen LogP contribution < -0.4 is 4.74 Å². The number of hydrogen-bond donors (Lipinski definition) is 0. The Labute approximate surface area is 144 Å². The van der Waals surface area contributed by atoms with Crippen LogP contribution in [-0.4, -0.2) is 13.1 Å². The molecule has 0 atom stereocenters. The molecule has 0 heterocycles. The molecule has 0 saturated heterocycles.